The van der Waals surface area contributed by atoms with Gasteiger partial charge in [-0.25, -0.2) is 13.1 Å². The fourth-order valence-electron chi connectivity index (χ4n) is 1.86. The van der Waals surface area contributed by atoms with Crippen LogP contribution in [-0.2, 0) is 10.0 Å². The van der Waals surface area contributed by atoms with E-state index in [4.69, 9.17) is 5.73 Å². The number of nitrogen functional groups attached to an aromatic ring is 1. The van der Waals surface area contributed by atoms with Gasteiger partial charge in [0.1, 0.15) is 4.90 Å². The zero-order valence-electron chi connectivity index (χ0n) is 11.6. The summed E-state index contributed by atoms with van der Waals surface area (Å²) < 4.78 is 27.5. The summed E-state index contributed by atoms with van der Waals surface area (Å²) in [7, 11) is -2.23. The van der Waals surface area contributed by atoms with Crippen molar-refractivity contribution >= 4 is 43.0 Å². The molecule has 0 atom stereocenters. The minimum absolute atomic E-state index is 0.115. The van der Waals surface area contributed by atoms with Crippen molar-refractivity contribution in [2.75, 3.05) is 18.1 Å². The molecule has 7 heteroatoms. The van der Waals surface area contributed by atoms with Crippen LogP contribution in [0.15, 0.2) is 45.8 Å². The van der Waals surface area contributed by atoms with Gasteiger partial charge in [0.15, 0.2) is 0 Å². The van der Waals surface area contributed by atoms with Crippen molar-refractivity contribution in [2.45, 2.75) is 11.8 Å². The van der Waals surface area contributed by atoms with E-state index in [1.54, 1.807) is 12.1 Å². The van der Waals surface area contributed by atoms with E-state index in [0.717, 1.165) is 15.7 Å². The van der Waals surface area contributed by atoms with Gasteiger partial charge in [0.05, 0.1) is 5.69 Å². The van der Waals surface area contributed by atoms with E-state index in [1.165, 1.54) is 13.1 Å². The molecule has 0 unspecified atom stereocenters. The first kappa shape index (κ1) is 15.8. The predicted molar refractivity (Wildman–Crippen MR) is 89.3 cm³/mol. The topological polar surface area (TPSA) is 84.2 Å². The Balaban J connectivity index is 2.53. The molecule has 0 aliphatic carbocycles. The number of benzene rings is 2. The first-order chi connectivity index (χ1) is 9.85. The molecule has 0 bridgehead atoms. The van der Waals surface area contributed by atoms with E-state index in [0.29, 0.717) is 11.4 Å². The predicted octanol–water partition coefficient (Wildman–Crippen LogP) is 2.99. The van der Waals surface area contributed by atoms with Crippen LogP contribution in [0, 0.1) is 6.92 Å². The molecule has 4 N–H and O–H groups in total. The number of hydrogen-bond acceptors (Lipinski definition) is 4. The smallest absolute Gasteiger partial charge is 0.242 e. The normalized spacial score (nSPS) is 11.4. The van der Waals surface area contributed by atoms with Crippen molar-refractivity contribution in [3.8, 4) is 0 Å². The molecule has 112 valence electrons. The summed E-state index contributed by atoms with van der Waals surface area (Å²) >= 11 is 3.45. The second-order valence-corrected chi connectivity index (χ2v) is 7.21. The summed E-state index contributed by atoms with van der Waals surface area (Å²) in [6, 6.07) is 10.4. The van der Waals surface area contributed by atoms with E-state index in [2.05, 4.69) is 26.0 Å². The highest BCUT2D eigenvalue weighted by Gasteiger charge is 2.17. The van der Waals surface area contributed by atoms with Gasteiger partial charge in [0.25, 0.3) is 0 Å². The summed E-state index contributed by atoms with van der Waals surface area (Å²) in [6.45, 7) is 1.94. The van der Waals surface area contributed by atoms with E-state index >= 15 is 0 Å². The van der Waals surface area contributed by atoms with Gasteiger partial charge in [-0.2, -0.15) is 0 Å². The second kappa shape index (κ2) is 6.05. The Morgan fingerprint density at radius 1 is 1.14 bits per heavy atom. The van der Waals surface area contributed by atoms with Gasteiger partial charge < -0.3 is 11.1 Å². The molecule has 0 aliphatic heterocycles. The van der Waals surface area contributed by atoms with Crippen molar-refractivity contribution in [1.82, 2.24) is 4.72 Å². The van der Waals surface area contributed by atoms with Gasteiger partial charge >= 0.3 is 0 Å². The van der Waals surface area contributed by atoms with Crippen LogP contribution >= 0.6 is 15.9 Å². The van der Waals surface area contributed by atoms with Crippen molar-refractivity contribution in [2.24, 2.45) is 0 Å². The Labute approximate surface area is 132 Å². The first-order valence-corrected chi connectivity index (χ1v) is 8.48. The van der Waals surface area contributed by atoms with Gasteiger partial charge in [0, 0.05) is 15.8 Å². The lowest BCUT2D eigenvalue weighted by atomic mass is 10.2. The maximum absolute atomic E-state index is 12.1. The van der Waals surface area contributed by atoms with Crippen molar-refractivity contribution in [1.29, 1.82) is 0 Å². The first-order valence-electron chi connectivity index (χ1n) is 6.20. The van der Waals surface area contributed by atoms with Crippen LogP contribution in [0.2, 0.25) is 0 Å². The number of halogens is 1. The third-order valence-electron chi connectivity index (χ3n) is 3.10. The zero-order chi connectivity index (χ0) is 15.6. The lowest BCUT2D eigenvalue weighted by Gasteiger charge is -2.15. The molecule has 0 aromatic heterocycles. The Bertz CT molecular complexity index is 776. The molecule has 0 spiro atoms. The summed E-state index contributed by atoms with van der Waals surface area (Å²) in [5.74, 6) is 0. The van der Waals surface area contributed by atoms with Crippen molar-refractivity contribution < 1.29 is 8.42 Å². The standard InChI is InChI=1S/C14H16BrN3O2S/c1-9-11(15)4-3-5-12(9)18-13-7-6-10(16)8-14(13)21(19,20)17-2/h3-8,17-18H,16H2,1-2H3. The molecule has 2 aromatic rings. The van der Waals surface area contributed by atoms with Gasteiger partial charge in [-0.05, 0) is 49.9 Å². The third-order valence-corrected chi connectivity index (χ3v) is 5.41. The minimum atomic E-state index is -3.60. The largest absolute Gasteiger partial charge is 0.399 e. The van der Waals surface area contributed by atoms with Gasteiger partial charge in [-0.3, -0.25) is 0 Å². The lowest BCUT2D eigenvalue weighted by Crippen LogP contribution is -2.20. The number of nitrogens with two attached hydrogens (primary N) is 1. The Hall–Kier alpha value is -1.57. The van der Waals surface area contributed by atoms with E-state index in [-0.39, 0.29) is 4.90 Å². The van der Waals surface area contributed by atoms with E-state index in [1.807, 2.05) is 25.1 Å². The maximum Gasteiger partial charge on any atom is 0.242 e. The van der Waals surface area contributed by atoms with Crippen LogP contribution in [0.1, 0.15) is 5.56 Å². The quantitative estimate of drug-likeness (QED) is 0.723. The summed E-state index contributed by atoms with van der Waals surface area (Å²) in [5, 5.41) is 3.14. The lowest BCUT2D eigenvalue weighted by molar-refractivity contribution is 0.588. The number of rotatable bonds is 4. The Morgan fingerprint density at radius 2 is 1.86 bits per heavy atom. The van der Waals surface area contributed by atoms with Crippen molar-refractivity contribution in [3.63, 3.8) is 0 Å². The molecule has 0 saturated heterocycles. The van der Waals surface area contributed by atoms with Crippen molar-refractivity contribution in [3.05, 3.63) is 46.4 Å². The van der Waals surface area contributed by atoms with Gasteiger partial charge in [-0.1, -0.05) is 22.0 Å². The Kier molecular flexibility index (Phi) is 4.55. The molecule has 0 heterocycles. The number of hydrogen-bond donors (Lipinski definition) is 3. The molecule has 2 rings (SSSR count). The molecule has 0 saturated carbocycles. The van der Waals surface area contributed by atoms with Gasteiger partial charge in [0.2, 0.25) is 10.0 Å². The third kappa shape index (κ3) is 3.37. The average Bonchev–Trinajstić information content (AvgIpc) is 2.45. The maximum atomic E-state index is 12.1. The monoisotopic (exact) mass is 369 g/mol. The summed E-state index contributed by atoms with van der Waals surface area (Å²) in [6.07, 6.45) is 0. The SMILES string of the molecule is CNS(=O)(=O)c1cc(N)ccc1Nc1cccc(Br)c1C. The molecule has 0 aliphatic rings. The minimum Gasteiger partial charge on any atom is -0.399 e. The molecule has 0 amide bonds. The highest BCUT2D eigenvalue weighted by atomic mass is 79.9. The van der Waals surface area contributed by atoms with Crippen LogP contribution in [0.3, 0.4) is 0 Å². The summed E-state index contributed by atoms with van der Waals surface area (Å²) in [4.78, 5) is 0.115. The number of anilines is 3. The van der Waals surface area contributed by atoms with Crippen LogP contribution in [0.25, 0.3) is 0 Å². The average molecular weight is 370 g/mol. The number of nitrogens with one attached hydrogen (secondary N) is 2. The van der Waals surface area contributed by atoms with Crippen LogP contribution in [0.5, 0.6) is 0 Å². The fraction of sp³-hybridized carbons (Fsp3) is 0.143. The molecule has 2 aromatic carbocycles. The molecular weight excluding hydrogens is 354 g/mol. The highest BCUT2D eigenvalue weighted by Crippen LogP contribution is 2.30. The molecule has 21 heavy (non-hydrogen) atoms. The summed E-state index contributed by atoms with van der Waals surface area (Å²) in [5.41, 5.74) is 8.37. The van der Waals surface area contributed by atoms with Crippen LogP contribution in [0.4, 0.5) is 17.1 Å². The molecule has 5 nitrogen and oxygen atoms in total. The molecule has 0 radical (unpaired) electrons. The van der Waals surface area contributed by atoms with Crippen LogP contribution < -0.4 is 15.8 Å². The number of sulfonamides is 1. The molecule has 0 fully saturated rings. The zero-order valence-corrected chi connectivity index (χ0v) is 14.0. The van der Waals surface area contributed by atoms with Gasteiger partial charge in [-0.15, -0.1) is 0 Å². The fourth-order valence-corrected chi connectivity index (χ4v) is 3.15. The van der Waals surface area contributed by atoms with Crippen LogP contribution in [-0.4, -0.2) is 15.5 Å². The van der Waals surface area contributed by atoms with E-state index < -0.39 is 10.0 Å². The van der Waals surface area contributed by atoms with E-state index in [9.17, 15) is 8.42 Å². The second-order valence-electron chi connectivity index (χ2n) is 4.50. The Morgan fingerprint density at radius 3 is 2.52 bits per heavy atom. The highest BCUT2D eigenvalue weighted by molar-refractivity contribution is 9.10. The molecular formula is C14H16BrN3O2S.